The second kappa shape index (κ2) is 9.01. The molecule has 1 aromatic carbocycles. The highest BCUT2D eigenvalue weighted by molar-refractivity contribution is 9.10. The lowest BCUT2D eigenvalue weighted by Crippen LogP contribution is -2.51. The molecule has 0 spiro atoms. The van der Waals surface area contributed by atoms with Crippen molar-refractivity contribution < 1.29 is 9.59 Å². The molecule has 7 heteroatoms. The molecule has 1 heterocycles. The van der Waals surface area contributed by atoms with Crippen LogP contribution in [0.25, 0.3) is 0 Å². The van der Waals surface area contributed by atoms with Gasteiger partial charge in [-0.05, 0) is 43.0 Å². The molecule has 1 saturated heterocycles. The van der Waals surface area contributed by atoms with Crippen molar-refractivity contribution in [3.8, 4) is 0 Å². The molecule has 0 bridgehead atoms. The highest BCUT2D eigenvalue weighted by Gasteiger charge is 2.30. The average molecular weight is 431 g/mol. The first-order valence-corrected chi connectivity index (χ1v) is 9.42. The zero-order valence-electron chi connectivity index (χ0n) is 14.2. The Bertz CT molecular complexity index is 603. The van der Waals surface area contributed by atoms with E-state index in [1.54, 1.807) is 0 Å². The van der Waals surface area contributed by atoms with Gasteiger partial charge < -0.3 is 15.5 Å². The Balaban J connectivity index is 0.00000225. The summed E-state index contributed by atoms with van der Waals surface area (Å²) in [5.41, 5.74) is 6.76. The molecule has 5 nitrogen and oxygen atoms in total. The van der Waals surface area contributed by atoms with Crippen molar-refractivity contribution in [3.63, 3.8) is 0 Å². The van der Waals surface area contributed by atoms with Gasteiger partial charge in [0.1, 0.15) is 0 Å². The van der Waals surface area contributed by atoms with Crippen LogP contribution in [0.5, 0.6) is 0 Å². The molecule has 1 aliphatic heterocycles. The SMILES string of the molecule is Cl.N[C@@H]1CCC[C@H]1CC(=O)N1CCN(C(=O)c2ccc(Br)cc2)CC1. The van der Waals surface area contributed by atoms with Gasteiger partial charge in [-0.15, -0.1) is 12.4 Å². The maximum atomic E-state index is 12.5. The number of carbonyl (C=O) groups excluding carboxylic acids is 2. The first kappa shape index (κ1) is 20.2. The molecule has 2 amide bonds. The minimum absolute atomic E-state index is 0. The molecule has 3 rings (SSSR count). The van der Waals surface area contributed by atoms with E-state index in [1.807, 2.05) is 34.1 Å². The summed E-state index contributed by atoms with van der Waals surface area (Å²) in [7, 11) is 0. The van der Waals surface area contributed by atoms with Crippen LogP contribution in [-0.2, 0) is 4.79 Å². The first-order chi connectivity index (χ1) is 11.5. The number of hydrogen-bond donors (Lipinski definition) is 1. The quantitative estimate of drug-likeness (QED) is 0.802. The fraction of sp³-hybridized carbons (Fsp3) is 0.556. The number of halogens is 2. The van der Waals surface area contributed by atoms with Crippen LogP contribution in [0.15, 0.2) is 28.7 Å². The van der Waals surface area contributed by atoms with Crippen LogP contribution in [0.1, 0.15) is 36.0 Å². The number of rotatable bonds is 3. The largest absolute Gasteiger partial charge is 0.339 e. The summed E-state index contributed by atoms with van der Waals surface area (Å²) in [5.74, 6) is 0.556. The second-order valence-electron chi connectivity index (χ2n) is 6.74. The van der Waals surface area contributed by atoms with Gasteiger partial charge in [0.25, 0.3) is 5.91 Å². The summed E-state index contributed by atoms with van der Waals surface area (Å²) in [6.07, 6.45) is 3.79. The van der Waals surface area contributed by atoms with Crippen molar-refractivity contribution in [2.45, 2.75) is 31.7 Å². The molecule has 25 heavy (non-hydrogen) atoms. The van der Waals surface area contributed by atoms with E-state index >= 15 is 0 Å². The normalized spacial score (nSPS) is 23.3. The third kappa shape index (κ3) is 4.96. The van der Waals surface area contributed by atoms with Gasteiger partial charge in [0.2, 0.25) is 5.91 Å². The van der Waals surface area contributed by atoms with E-state index in [9.17, 15) is 9.59 Å². The summed E-state index contributed by atoms with van der Waals surface area (Å²) < 4.78 is 0.958. The average Bonchev–Trinajstić information content (AvgIpc) is 3.00. The van der Waals surface area contributed by atoms with E-state index in [-0.39, 0.29) is 30.3 Å². The number of piperazine rings is 1. The lowest BCUT2D eigenvalue weighted by Gasteiger charge is -2.35. The Morgan fingerprint density at radius 1 is 1.04 bits per heavy atom. The van der Waals surface area contributed by atoms with Crippen LogP contribution >= 0.6 is 28.3 Å². The van der Waals surface area contributed by atoms with Crippen LogP contribution < -0.4 is 5.73 Å². The molecule has 1 aromatic rings. The molecule has 1 saturated carbocycles. The Labute approximate surface area is 163 Å². The minimum atomic E-state index is 0. The van der Waals surface area contributed by atoms with Crippen molar-refractivity contribution >= 4 is 40.2 Å². The van der Waals surface area contributed by atoms with Gasteiger partial charge in [0, 0.05) is 48.7 Å². The summed E-state index contributed by atoms with van der Waals surface area (Å²) in [6, 6.07) is 7.57. The molecular formula is C18H25BrClN3O2. The van der Waals surface area contributed by atoms with Gasteiger partial charge in [0.15, 0.2) is 0 Å². The minimum Gasteiger partial charge on any atom is -0.339 e. The molecular weight excluding hydrogens is 406 g/mol. The maximum Gasteiger partial charge on any atom is 0.253 e. The van der Waals surface area contributed by atoms with Gasteiger partial charge in [-0.3, -0.25) is 9.59 Å². The van der Waals surface area contributed by atoms with Crippen molar-refractivity contribution in [1.29, 1.82) is 0 Å². The molecule has 0 unspecified atom stereocenters. The molecule has 2 N–H and O–H groups in total. The zero-order valence-corrected chi connectivity index (χ0v) is 16.6. The monoisotopic (exact) mass is 429 g/mol. The van der Waals surface area contributed by atoms with E-state index in [4.69, 9.17) is 5.73 Å². The zero-order chi connectivity index (χ0) is 17.1. The smallest absolute Gasteiger partial charge is 0.253 e. The van der Waals surface area contributed by atoms with Crippen LogP contribution in [-0.4, -0.2) is 53.8 Å². The Morgan fingerprint density at radius 2 is 1.64 bits per heavy atom. The van der Waals surface area contributed by atoms with Crippen molar-refractivity contribution in [3.05, 3.63) is 34.3 Å². The molecule has 0 radical (unpaired) electrons. The molecule has 2 fully saturated rings. The number of carbonyl (C=O) groups is 2. The van der Waals surface area contributed by atoms with E-state index < -0.39 is 0 Å². The topological polar surface area (TPSA) is 66.6 Å². The van der Waals surface area contributed by atoms with Gasteiger partial charge in [-0.1, -0.05) is 22.4 Å². The number of amides is 2. The van der Waals surface area contributed by atoms with Crippen LogP contribution in [0, 0.1) is 5.92 Å². The predicted octanol–water partition coefficient (Wildman–Crippen LogP) is 2.67. The summed E-state index contributed by atoms with van der Waals surface area (Å²) in [4.78, 5) is 28.7. The number of nitrogens with zero attached hydrogens (tertiary/aromatic N) is 2. The second-order valence-corrected chi connectivity index (χ2v) is 7.65. The number of nitrogens with two attached hydrogens (primary N) is 1. The molecule has 0 aromatic heterocycles. The standard InChI is InChI=1S/C18H24BrN3O2.ClH/c19-15-6-4-13(5-7-15)18(24)22-10-8-21(9-11-22)17(23)12-14-2-1-3-16(14)20;/h4-7,14,16H,1-3,8-12,20H2;1H/t14-,16+;/m0./s1. The summed E-state index contributed by atoms with van der Waals surface area (Å²) in [5, 5.41) is 0. The van der Waals surface area contributed by atoms with Crippen LogP contribution in [0.4, 0.5) is 0 Å². The van der Waals surface area contributed by atoms with E-state index in [0.717, 1.165) is 23.7 Å². The Kier molecular flexibility index (Phi) is 7.28. The highest BCUT2D eigenvalue weighted by atomic mass is 79.9. The molecule has 138 valence electrons. The van der Waals surface area contributed by atoms with Gasteiger partial charge in [-0.2, -0.15) is 0 Å². The van der Waals surface area contributed by atoms with Crippen molar-refractivity contribution in [2.24, 2.45) is 11.7 Å². The molecule has 2 aliphatic rings. The lowest BCUT2D eigenvalue weighted by atomic mass is 9.99. The fourth-order valence-electron chi connectivity index (χ4n) is 3.61. The lowest BCUT2D eigenvalue weighted by molar-refractivity contribution is -0.133. The number of hydrogen-bond acceptors (Lipinski definition) is 3. The summed E-state index contributed by atoms with van der Waals surface area (Å²) in [6.45, 7) is 2.42. The van der Waals surface area contributed by atoms with E-state index in [2.05, 4.69) is 15.9 Å². The predicted molar refractivity (Wildman–Crippen MR) is 104 cm³/mol. The third-order valence-corrected chi connectivity index (χ3v) is 5.69. The van der Waals surface area contributed by atoms with Crippen molar-refractivity contribution in [1.82, 2.24) is 9.80 Å². The Hall–Kier alpha value is -1.11. The molecule has 1 aliphatic carbocycles. The van der Waals surface area contributed by atoms with Gasteiger partial charge >= 0.3 is 0 Å². The maximum absolute atomic E-state index is 12.5. The summed E-state index contributed by atoms with van der Waals surface area (Å²) >= 11 is 3.38. The van der Waals surface area contributed by atoms with Crippen LogP contribution in [0.3, 0.4) is 0 Å². The van der Waals surface area contributed by atoms with Crippen LogP contribution in [0.2, 0.25) is 0 Å². The first-order valence-electron chi connectivity index (χ1n) is 8.63. The van der Waals surface area contributed by atoms with Crippen molar-refractivity contribution in [2.75, 3.05) is 26.2 Å². The highest BCUT2D eigenvalue weighted by Crippen LogP contribution is 2.27. The fourth-order valence-corrected chi connectivity index (χ4v) is 3.87. The van der Waals surface area contributed by atoms with E-state index in [1.165, 1.54) is 0 Å². The van der Waals surface area contributed by atoms with Gasteiger partial charge in [-0.25, -0.2) is 0 Å². The third-order valence-electron chi connectivity index (χ3n) is 5.17. The number of benzene rings is 1. The van der Waals surface area contributed by atoms with E-state index in [0.29, 0.717) is 44.1 Å². The van der Waals surface area contributed by atoms with Gasteiger partial charge in [0.05, 0.1) is 0 Å². The molecule has 2 atom stereocenters. The Morgan fingerprint density at radius 3 is 2.20 bits per heavy atom.